The molecule has 0 amide bonds. The van der Waals surface area contributed by atoms with Gasteiger partial charge in [0.05, 0.1) is 26.9 Å². The van der Waals surface area contributed by atoms with Crippen LogP contribution in [0.25, 0.3) is 0 Å². The van der Waals surface area contributed by atoms with E-state index in [1.165, 1.54) is 14.2 Å². The molecule has 1 aromatic rings. The Labute approximate surface area is 134 Å². The van der Waals surface area contributed by atoms with Crippen molar-refractivity contribution in [1.29, 1.82) is 0 Å². The van der Waals surface area contributed by atoms with Crippen molar-refractivity contribution in [3.8, 4) is 17.2 Å². The zero-order valence-corrected chi connectivity index (χ0v) is 13.9. The Morgan fingerprint density at radius 3 is 2.00 bits per heavy atom. The third kappa shape index (κ3) is 4.70. The summed E-state index contributed by atoms with van der Waals surface area (Å²) in [5.74, 6) is 1.57. The van der Waals surface area contributed by atoms with E-state index >= 15 is 0 Å². The van der Waals surface area contributed by atoms with E-state index in [9.17, 15) is 4.79 Å². The molecule has 0 aromatic heterocycles. The van der Waals surface area contributed by atoms with Crippen LogP contribution in [0.5, 0.6) is 17.2 Å². The van der Waals surface area contributed by atoms with E-state index in [4.69, 9.17) is 14.2 Å². The summed E-state index contributed by atoms with van der Waals surface area (Å²) in [6.45, 7) is 4.11. The number of methoxy groups -OCH3 is 3. The fraction of sp³-hybridized carbons (Fsp3) is 0.500. The molecule has 4 nitrogen and oxygen atoms in total. The minimum absolute atomic E-state index is 0. The van der Waals surface area contributed by atoms with Crippen LogP contribution >= 0.6 is 8.58 Å². The van der Waals surface area contributed by atoms with Crippen LogP contribution in [0, 0.1) is 0 Å². The largest absolute Gasteiger partial charge is 1.00 e. The Hall–Kier alpha value is -0.683. The molecular formula is C14H20LiO4P. The van der Waals surface area contributed by atoms with Gasteiger partial charge in [0.2, 0.25) is 0 Å². The summed E-state index contributed by atoms with van der Waals surface area (Å²) in [6, 6.07) is 3.39. The maximum absolute atomic E-state index is 12.4. The number of hydrogen-bond donors (Lipinski definition) is 0. The number of rotatable bonds is 7. The zero-order valence-electron chi connectivity index (χ0n) is 13.0. The molecule has 0 saturated heterocycles. The van der Waals surface area contributed by atoms with Gasteiger partial charge in [0.15, 0.2) is 0 Å². The van der Waals surface area contributed by atoms with Crippen molar-refractivity contribution in [1.82, 2.24) is 0 Å². The van der Waals surface area contributed by atoms with Crippen LogP contribution in [-0.4, -0.2) is 32.5 Å². The molecule has 6 heteroatoms. The van der Waals surface area contributed by atoms with Crippen LogP contribution < -0.4 is 33.1 Å². The number of benzene rings is 1. The molecule has 0 radical (unpaired) electrons. The molecule has 0 aliphatic heterocycles. The van der Waals surface area contributed by atoms with Gasteiger partial charge in [-0.05, 0) is 0 Å². The van der Waals surface area contributed by atoms with Crippen LogP contribution in [0.3, 0.4) is 0 Å². The molecule has 0 heterocycles. The van der Waals surface area contributed by atoms with E-state index in [0.717, 1.165) is 15.0 Å². The molecule has 0 bridgehead atoms. The van der Waals surface area contributed by atoms with Crippen molar-refractivity contribution in [3.05, 3.63) is 17.7 Å². The summed E-state index contributed by atoms with van der Waals surface area (Å²) in [7, 11) is 5.38. The van der Waals surface area contributed by atoms with Gasteiger partial charge in [-0.15, -0.1) is 0 Å². The van der Waals surface area contributed by atoms with Gasteiger partial charge in [-0.3, -0.25) is 0 Å². The molecule has 0 aliphatic carbocycles. The second-order valence-electron chi connectivity index (χ2n) is 4.10. The van der Waals surface area contributed by atoms with E-state index in [0.29, 0.717) is 28.5 Å². The van der Waals surface area contributed by atoms with Gasteiger partial charge in [-0.1, -0.05) is 20.3 Å². The van der Waals surface area contributed by atoms with Gasteiger partial charge in [0.1, 0.15) is 17.2 Å². The second-order valence-corrected chi connectivity index (χ2v) is 5.64. The summed E-state index contributed by atoms with van der Waals surface area (Å²) in [6.07, 6.45) is 0.952. The van der Waals surface area contributed by atoms with Gasteiger partial charge in [0.25, 0.3) is 0 Å². The molecule has 106 valence electrons. The standard InChI is InChI=1S/C14H20O4P.Li/c1-6-9(2)19-14(15)13-11(17-4)7-10(16-3)8-12(13)18-5;/h7-9H,6H2,1-5H3;/q-1;+1. The molecule has 1 unspecified atom stereocenters. The Morgan fingerprint density at radius 2 is 1.65 bits per heavy atom. The first-order valence-electron chi connectivity index (χ1n) is 6.12. The molecule has 20 heavy (non-hydrogen) atoms. The predicted octanol–water partition coefficient (Wildman–Crippen LogP) is 0.601. The molecule has 0 fully saturated rings. The smallest absolute Gasteiger partial charge is 0.496 e. The maximum Gasteiger partial charge on any atom is 1.00 e. The minimum Gasteiger partial charge on any atom is -0.496 e. The normalized spacial score (nSPS) is 11.8. The molecular weight excluding hydrogens is 270 g/mol. The molecule has 0 aliphatic rings. The second kappa shape index (κ2) is 9.29. The minimum atomic E-state index is 0. The molecule has 0 N–H and O–H groups in total. The van der Waals surface area contributed by atoms with Gasteiger partial charge in [0, 0.05) is 17.7 Å². The van der Waals surface area contributed by atoms with Gasteiger partial charge < -0.3 is 27.6 Å². The zero-order chi connectivity index (χ0) is 14.4. The van der Waals surface area contributed by atoms with Crippen molar-refractivity contribution in [2.75, 3.05) is 21.3 Å². The van der Waals surface area contributed by atoms with Gasteiger partial charge in [-0.2, -0.15) is 5.66 Å². The third-order valence-corrected chi connectivity index (χ3v) is 4.12. The van der Waals surface area contributed by atoms with Crippen LogP contribution in [0.1, 0.15) is 30.6 Å². The molecule has 0 saturated carbocycles. The summed E-state index contributed by atoms with van der Waals surface area (Å²) >= 11 is 0. The summed E-state index contributed by atoms with van der Waals surface area (Å²) < 4.78 is 15.7. The number of carbonyl (C=O) groups is 1. The average Bonchev–Trinajstić information content (AvgIpc) is 2.44. The van der Waals surface area contributed by atoms with Gasteiger partial charge in [-0.25, -0.2) is 0 Å². The maximum atomic E-state index is 12.4. The predicted molar refractivity (Wildman–Crippen MR) is 77.1 cm³/mol. The summed E-state index contributed by atoms with van der Waals surface area (Å²) in [5.41, 5.74) is 0.794. The topological polar surface area (TPSA) is 44.8 Å². The Bertz CT molecular complexity index is 426. The molecule has 1 rings (SSSR count). The first-order chi connectivity index (χ1) is 9.07. The number of ether oxygens (including phenoxy) is 3. The Kier molecular flexibility index (Phi) is 8.97. The summed E-state index contributed by atoms with van der Waals surface area (Å²) in [5, 5.41) is 0. The van der Waals surface area contributed by atoms with E-state index < -0.39 is 0 Å². The van der Waals surface area contributed by atoms with Crippen molar-refractivity contribution in [2.24, 2.45) is 0 Å². The fourth-order valence-corrected chi connectivity index (χ4v) is 2.50. The average molecular weight is 290 g/mol. The quantitative estimate of drug-likeness (QED) is 0.545. The number of carbonyl (C=O) groups excluding carboxylic acids is 1. The van der Waals surface area contributed by atoms with Crippen molar-refractivity contribution < 1.29 is 37.9 Å². The van der Waals surface area contributed by atoms with E-state index in [1.54, 1.807) is 19.2 Å². The van der Waals surface area contributed by atoms with Crippen LogP contribution in [-0.2, 0) is 0 Å². The van der Waals surface area contributed by atoms with Crippen LogP contribution in [0.4, 0.5) is 0 Å². The van der Waals surface area contributed by atoms with Crippen LogP contribution in [0.2, 0.25) is 0 Å². The van der Waals surface area contributed by atoms with E-state index in [-0.39, 0.29) is 24.4 Å². The Morgan fingerprint density at radius 1 is 1.15 bits per heavy atom. The fourth-order valence-electron chi connectivity index (χ4n) is 1.57. The van der Waals surface area contributed by atoms with Crippen molar-refractivity contribution in [2.45, 2.75) is 25.9 Å². The first-order valence-corrected chi connectivity index (χ1v) is 7.08. The van der Waals surface area contributed by atoms with Crippen LogP contribution in [0.15, 0.2) is 12.1 Å². The van der Waals surface area contributed by atoms with Crippen molar-refractivity contribution >= 4 is 14.1 Å². The first kappa shape index (κ1) is 19.3. The summed E-state index contributed by atoms with van der Waals surface area (Å²) in [4.78, 5) is 12.4. The number of hydrogen-bond acceptors (Lipinski definition) is 4. The van der Waals surface area contributed by atoms with Crippen molar-refractivity contribution in [3.63, 3.8) is 0 Å². The molecule has 1 atom stereocenters. The third-order valence-electron chi connectivity index (χ3n) is 2.86. The monoisotopic (exact) mass is 290 g/mol. The van der Waals surface area contributed by atoms with Gasteiger partial charge >= 0.3 is 18.9 Å². The molecule has 1 aromatic carbocycles. The molecule has 0 spiro atoms. The Balaban J connectivity index is 0.00000361. The van der Waals surface area contributed by atoms with E-state index in [2.05, 4.69) is 6.92 Å². The van der Waals surface area contributed by atoms with E-state index in [1.807, 2.05) is 6.92 Å². The SMILES string of the molecule is CCC(C)[P-]C(=O)c1c(OC)cc(OC)cc1OC.[Li+].